The number of nitrogens with zero attached hydrogens (tertiary/aromatic N) is 1. The highest BCUT2D eigenvalue weighted by Crippen LogP contribution is 2.23. The first-order valence-electron chi connectivity index (χ1n) is 3.61. The first-order chi connectivity index (χ1) is 5.74. The molecule has 0 amide bonds. The molecular weight excluding hydrogens is 186 g/mol. The van der Waals surface area contributed by atoms with E-state index in [0.29, 0.717) is 0 Å². The zero-order chi connectivity index (χ0) is 8.97. The zero-order valence-corrected chi connectivity index (χ0v) is 8.82. The van der Waals surface area contributed by atoms with Crippen LogP contribution in [-0.2, 0) is 0 Å². The Balaban J connectivity index is 2.96. The van der Waals surface area contributed by atoms with E-state index in [1.54, 1.807) is 11.8 Å². The van der Waals surface area contributed by atoms with Gasteiger partial charge in [-0.25, -0.2) is 4.99 Å². The molecule has 3 heteroatoms. The number of rotatable bonds is 1. The Morgan fingerprint density at radius 1 is 1.42 bits per heavy atom. The van der Waals surface area contributed by atoms with Crippen LogP contribution < -0.4 is 0 Å². The van der Waals surface area contributed by atoms with Gasteiger partial charge in [0.05, 0.1) is 10.7 Å². The molecule has 0 saturated carbocycles. The average Bonchev–Trinajstić information content (AvgIpc) is 2.09. The van der Waals surface area contributed by atoms with E-state index in [1.807, 2.05) is 37.4 Å². The largest absolute Gasteiger partial charge is 0.246 e. The van der Waals surface area contributed by atoms with Gasteiger partial charge in [0, 0.05) is 4.90 Å². The molecule has 1 aromatic carbocycles. The molecule has 0 fully saturated rings. The minimum Gasteiger partial charge on any atom is -0.246 e. The molecule has 0 aliphatic heterocycles. The van der Waals surface area contributed by atoms with E-state index < -0.39 is 0 Å². The Morgan fingerprint density at radius 3 is 2.67 bits per heavy atom. The van der Waals surface area contributed by atoms with Crippen molar-refractivity contribution in [2.45, 2.75) is 11.8 Å². The Bertz CT molecular complexity index is 294. The second-order valence-corrected chi connectivity index (χ2v) is 3.80. The maximum atomic E-state index is 4.38. The highest BCUT2D eigenvalue weighted by molar-refractivity contribution is 8.13. The molecule has 0 atom stereocenters. The summed E-state index contributed by atoms with van der Waals surface area (Å²) in [7, 11) is 0. The highest BCUT2D eigenvalue weighted by atomic mass is 32.2. The Hall–Kier alpha value is -0.410. The third-order valence-electron chi connectivity index (χ3n) is 1.46. The molecule has 0 aliphatic carbocycles. The topological polar surface area (TPSA) is 12.4 Å². The van der Waals surface area contributed by atoms with Crippen LogP contribution in [0.4, 0.5) is 5.69 Å². The van der Waals surface area contributed by atoms with Crippen molar-refractivity contribution < 1.29 is 0 Å². The molecule has 0 spiro atoms. The van der Waals surface area contributed by atoms with Crippen LogP contribution in [0.25, 0.3) is 0 Å². The van der Waals surface area contributed by atoms with Crippen LogP contribution in [0.15, 0.2) is 34.2 Å². The first-order valence-corrected chi connectivity index (χ1v) is 5.28. The lowest BCUT2D eigenvalue weighted by atomic mass is 10.3. The van der Waals surface area contributed by atoms with E-state index in [2.05, 4.69) is 17.6 Å². The lowest BCUT2D eigenvalue weighted by molar-refractivity contribution is 1.38. The lowest BCUT2D eigenvalue weighted by Crippen LogP contribution is -1.79. The van der Waals surface area contributed by atoms with Gasteiger partial charge in [-0.1, -0.05) is 12.1 Å². The van der Waals surface area contributed by atoms with E-state index >= 15 is 0 Å². The quantitative estimate of drug-likeness (QED) is 0.413. The van der Waals surface area contributed by atoms with E-state index in [4.69, 9.17) is 0 Å². The van der Waals surface area contributed by atoms with E-state index in [9.17, 15) is 0 Å². The summed E-state index contributed by atoms with van der Waals surface area (Å²) in [6.07, 6.45) is 2.01. The van der Waals surface area contributed by atoms with Gasteiger partial charge in [0.25, 0.3) is 0 Å². The van der Waals surface area contributed by atoms with Gasteiger partial charge in [-0.05, 0) is 25.3 Å². The Morgan fingerprint density at radius 2 is 2.08 bits per heavy atom. The molecule has 0 unspecified atom stereocenters. The Kier molecular flexibility index (Phi) is 3.69. The summed E-state index contributed by atoms with van der Waals surface area (Å²) in [4.78, 5) is 5.30. The van der Waals surface area contributed by atoms with Crippen LogP contribution in [-0.4, -0.2) is 11.3 Å². The van der Waals surface area contributed by atoms with E-state index in [-0.39, 0.29) is 0 Å². The third kappa shape index (κ3) is 2.57. The predicted octanol–water partition coefficient (Wildman–Crippen LogP) is 3.39. The molecule has 0 bridgehead atoms. The van der Waals surface area contributed by atoms with Gasteiger partial charge in [-0.15, -0.1) is 24.4 Å². The molecule has 1 rings (SSSR count). The maximum Gasteiger partial charge on any atom is 0.0772 e. The summed E-state index contributed by atoms with van der Waals surface area (Å²) in [6, 6.07) is 7.82. The number of para-hydroxylation sites is 1. The SMILES string of the molecule is CSC(C)=Nc1ccccc1S. The van der Waals surface area contributed by atoms with Crippen molar-refractivity contribution in [3.63, 3.8) is 0 Å². The molecule has 0 N–H and O–H groups in total. The van der Waals surface area contributed by atoms with Gasteiger partial charge in [0.1, 0.15) is 0 Å². The molecular formula is C9H11NS2. The van der Waals surface area contributed by atoms with Gasteiger partial charge in [-0.2, -0.15) is 0 Å². The minimum absolute atomic E-state index is 0.922. The van der Waals surface area contributed by atoms with Gasteiger partial charge in [-0.3, -0.25) is 0 Å². The number of hydrogen-bond acceptors (Lipinski definition) is 3. The minimum atomic E-state index is 0.922. The maximum absolute atomic E-state index is 4.38. The summed E-state index contributed by atoms with van der Waals surface area (Å²) in [5, 5.41) is 1.05. The fourth-order valence-corrected chi connectivity index (χ4v) is 1.17. The van der Waals surface area contributed by atoms with Crippen molar-refractivity contribution >= 4 is 35.1 Å². The molecule has 0 aromatic heterocycles. The highest BCUT2D eigenvalue weighted by Gasteiger charge is 1.94. The summed E-state index contributed by atoms with van der Waals surface area (Å²) in [5.41, 5.74) is 0.938. The van der Waals surface area contributed by atoms with E-state index in [1.165, 1.54) is 0 Å². The van der Waals surface area contributed by atoms with Crippen molar-refractivity contribution in [1.82, 2.24) is 0 Å². The van der Waals surface area contributed by atoms with Crippen molar-refractivity contribution in [1.29, 1.82) is 0 Å². The van der Waals surface area contributed by atoms with Crippen molar-refractivity contribution in [3.05, 3.63) is 24.3 Å². The van der Waals surface area contributed by atoms with Crippen molar-refractivity contribution in [2.24, 2.45) is 4.99 Å². The Labute approximate surface area is 82.7 Å². The van der Waals surface area contributed by atoms with Crippen LogP contribution in [0, 0.1) is 0 Å². The van der Waals surface area contributed by atoms with Crippen LogP contribution >= 0.6 is 24.4 Å². The predicted molar refractivity (Wildman–Crippen MR) is 60.0 cm³/mol. The number of aliphatic imine (C=N–C) groups is 1. The van der Waals surface area contributed by atoms with Gasteiger partial charge < -0.3 is 0 Å². The second-order valence-electron chi connectivity index (χ2n) is 2.32. The zero-order valence-electron chi connectivity index (χ0n) is 7.11. The molecule has 12 heavy (non-hydrogen) atoms. The average molecular weight is 197 g/mol. The lowest BCUT2D eigenvalue weighted by Gasteiger charge is -1.98. The van der Waals surface area contributed by atoms with Gasteiger partial charge in [0.2, 0.25) is 0 Å². The smallest absolute Gasteiger partial charge is 0.0772 e. The standard InChI is InChI=1S/C9H11NS2/c1-7(12-2)10-8-5-3-4-6-9(8)11/h3-6,11H,1-2H3. The molecule has 1 nitrogen and oxygen atoms in total. The van der Waals surface area contributed by atoms with Gasteiger partial charge in [0.15, 0.2) is 0 Å². The number of hydrogen-bond donors (Lipinski definition) is 1. The first kappa shape index (κ1) is 9.68. The van der Waals surface area contributed by atoms with Crippen molar-refractivity contribution in [3.8, 4) is 0 Å². The van der Waals surface area contributed by atoms with Crippen LogP contribution in [0.3, 0.4) is 0 Å². The second kappa shape index (κ2) is 4.58. The van der Waals surface area contributed by atoms with Crippen LogP contribution in [0.1, 0.15) is 6.92 Å². The molecule has 0 radical (unpaired) electrons. The normalized spacial score (nSPS) is 11.8. The molecule has 1 aromatic rings. The summed E-state index contributed by atoms with van der Waals surface area (Å²) in [5.74, 6) is 0. The van der Waals surface area contributed by atoms with E-state index in [0.717, 1.165) is 15.6 Å². The summed E-state index contributed by atoms with van der Waals surface area (Å²) < 4.78 is 0. The molecule has 0 saturated heterocycles. The number of thiol groups is 1. The molecule has 64 valence electrons. The molecule has 0 heterocycles. The summed E-state index contributed by atoms with van der Waals surface area (Å²) in [6.45, 7) is 1.99. The molecule has 0 aliphatic rings. The summed E-state index contributed by atoms with van der Waals surface area (Å²) >= 11 is 5.94. The van der Waals surface area contributed by atoms with Crippen molar-refractivity contribution in [2.75, 3.05) is 6.26 Å². The number of benzene rings is 1. The van der Waals surface area contributed by atoms with Crippen LogP contribution in [0.2, 0.25) is 0 Å². The third-order valence-corrected chi connectivity index (χ3v) is 2.52. The number of thioether (sulfide) groups is 1. The fourth-order valence-electron chi connectivity index (χ4n) is 0.774. The monoisotopic (exact) mass is 197 g/mol. The fraction of sp³-hybridized carbons (Fsp3) is 0.222. The van der Waals surface area contributed by atoms with Crippen LogP contribution in [0.5, 0.6) is 0 Å². The van der Waals surface area contributed by atoms with Gasteiger partial charge >= 0.3 is 0 Å².